The van der Waals surface area contributed by atoms with E-state index in [0.717, 1.165) is 22.9 Å². The molecule has 0 aliphatic rings. The molecule has 0 heterocycles. The molecule has 0 aliphatic carbocycles. The standard InChI is InChI=1S/C23H36BrN3O2/c1-2-3-4-5-6-7-8-9-10-11-12-16-22(28)25-19-23(29)27-26-18-20-14-13-15-21(24)17-20/h13-15,17-18H,2-12,16,19H2,1H3,(H,25,28)(H,27,29). The van der Waals surface area contributed by atoms with E-state index in [2.05, 4.69) is 38.7 Å². The molecule has 5 nitrogen and oxygen atoms in total. The van der Waals surface area contributed by atoms with E-state index in [1.54, 1.807) is 6.21 Å². The first-order valence-electron chi connectivity index (χ1n) is 11.0. The molecule has 0 aliphatic heterocycles. The molecule has 0 unspecified atom stereocenters. The maximum Gasteiger partial charge on any atom is 0.259 e. The molecule has 0 saturated carbocycles. The van der Waals surface area contributed by atoms with E-state index in [-0.39, 0.29) is 18.4 Å². The van der Waals surface area contributed by atoms with Gasteiger partial charge in [-0.15, -0.1) is 0 Å². The average Bonchev–Trinajstić information content (AvgIpc) is 2.70. The van der Waals surface area contributed by atoms with Crippen LogP contribution in [0.4, 0.5) is 0 Å². The summed E-state index contributed by atoms with van der Waals surface area (Å²) in [7, 11) is 0. The predicted molar refractivity (Wildman–Crippen MR) is 124 cm³/mol. The summed E-state index contributed by atoms with van der Waals surface area (Å²) in [6.45, 7) is 2.20. The number of benzene rings is 1. The van der Waals surface area contributed by atoms with Crippen molar-refractivity contribution < 1.29 is 9.59 Å². The van der Waals surface area contributed by atoms with Crippen LogP contribution < -0.4 is 10.7 Å². The van der Waals surface area contributed by atoms with Crippen LogP contribution in [-0.4, -0.2) is 24.6 Å². The molecule has 0 saturated heterocycles. The third-order valence-electron chi connectivity index (χ3n) is 4.71. The van der Waals surface area contributed by atoms with Crippen LogP contribution >= 0.6 is 15.9 Å². The molecule has 0 bridgehead atoms. The molecule has 0 atom stereocenters. The van der Waals surface area contributed by atoms with E-state index in [9.17, 15) is 9.59 Å². The number of carbonyl (C=O) groups excluding carboxylic acids is 2. The lowest BCUT2D eigenvalue weighted by atomic mass is 10.1. The van der Waals surface area contributed by atoms with Gasteiger partial charge in [0.1, 0.15) is 0 Å². The van der Waals surface area contributed by atoms with Gasteiger partial charge in [-0.2, -0.15) is 5.10 Å². The second-order valence-electron chi connectivity index (χ2n) is 7.41. The first-order valence-corrected chi connectivity index (χ1v) is 11.7. The highest BCUT2D eigenvalue weighted by Gasteiger charge is 2.04. The number of nitrogens with one attached hydrogen (secondary N) is 2. The summed E-state index contributed by atoms with van der Waals surface area (Å²) in [5, 5.41) is 6.54. The van der Waals surface area contributed by atoms with Crippen molar-refractivity contribution in [3.05, 3.63) is 34.3 Å². The van der Waals surface area contributed by atoms with Crippen LogP contribution in [0.3, 0.4) is 0 Å². The molecule has 1 aromatic rings. The van der Waals surface area contributed by atoms with Crippen molar-refractivity contribution in [1.82, 2.24) is 10.7 Å². The fourth-order valence-corrected chi connectivity index (χ4v) is 3.44. The zero-order chi connectivity index (χ0) is 21.2. The maximum absolute atomic E-state index is 11.8. The monoisotopic (exact) mass is 465 g/mol. The van der Waals surface area contributed by atoms with Crippen LogP contribution in [0.1, 0.15) is 89.5 Å². The predicted octanol–water partition coefficient (Wildman–Crippen LogP) is 5.72. The number of nitrogens with zero attached hydrogens (tertiary/aromatic N) is 1. The summed E-state index contributed by atoms with van der Waals surface area (Å²) < 4.78 is 0.947. The van der Waals surface area contributed by atoms with Crippen LogP contribution in [-0.2, 0) is 9.59 Å². The van der Waals surface area contributed by atoms with Crippen molar-refractivity contribution in [2.45, 2.75) is 84.0 Å². The summed E-state index contributed by atoms with van der Waals surface area (Å²) >= 11 is 3.38. The number of rotatable bonds is 16. The molecule has 2 N–H and O–H groups in total. The molecule has 0 aromatic heterocycles. The molecule has 162 valence electrons. The van der Waals surface area contributed by atoms with Gasteiger partial charge in [0.2, 0.25) is 5.91 Å². The van der Waals surface area contributed by atoms with E-state index in [0.29, 0.717) is 6.42 Å². The fraction of sp³-hybridized carbons (Fsp3) is 0.609. The number of hydrogen-bond acceptors (Lipinski definition) is 3. The Morgan fingerprint density at radius 3 is 2.17 bits per heavy atom. The summed E-state index contributed by atoms with van der Waals surface area (Å²) in [4.78, 5) is 23.5. The van der Waals surface area contributed by atoms with Crippen LogP contribution in [0.15, 0.2) is 33.8 Å². The van der Waals surface area contributed by atoms with E-state index in [4.69, 9.17) is 0 Å². The Morgan fingerprint density at radius 1 is 0.931 bits per heavy atom. The van der Waals surface area contributed by atoms with Gasteiger partial charge < -0.3 is 5.32 Å². The quantitative estimate of drug-likeness (QED) is 0.186. The lowest BCUT2D eigenvalue weighted by molar-refractivity contribution is -0.126. The highest BCUT2D eigenvalue weighted by molar-refractivity contribution is 9.10. The lowest BCUT2D eigenvalue weighted by Gasteiger charge is -2.05. The van der Waals surface area contributed by atoms with Gasteiger partial charge in [0.25, 0.3) is 5.91 Å². The number of hydrogen-bond donors (Lipinski definition) is 2. The number of carbonyl (C=O) groups is 2. The third-order valence-corrected chi connectivity index (χ3v) is 5.20. The second kappa shape index (κ2) is 17.2. The largest absolute Gasteiger partial charge is 0.347 e. The van der Waals surface area contributed by atoms with Gasteiger partial charge >= 0.3 is 0 Å². The summed E-state index contributed by atoms with van der Waals surface area (Å²) in [6, 6.07) is 7.59. The van der Waals surface area contributed by atoms with Gasteiger partial charge in [-0.1, -0.05) is 99.2 Å². The number of halogens is 1. The topological polar surface area (TPSA) is 70.6 Å². The summed E-state index contributed by atoms with van der Waals surface area (Å²) in [5.41, 5.74) is 3.29. The van der Waals surface area contributed by atoms with Crippen molar-refractivity contribution in [3.63, 3.8) is 0 Å². The van der Waals surface area contributed by atoms with E-state index in [1.165, 1.54) is 57.8 Å². The average molecular weight is 466 g/mol. The zero-order valence-corrected chi connectivity index (χ0v) is 19.3. The van der Waals surface area contributed by atoms with Gasteiger partial charge in [-0.05, 0) is 24.1 Å². The molecule has 2 amide bonds. The molecule has 29 heavy (non-hydrogen) atoms. The van der Waals surface area contributed by atoms with Crippen molar-refractivity contribution in [1.29, 1.82) is 0 Å². The Morgan fingerprint density at radius 2 is 1.55 bits per heavy atom. The minimum absolute atomic E-state index is 0.0489. The smallest absolute Gasteiger partial charge is 0.259 e. The SMILES string of the molecule is CCCCCCCCCCCCCC(=O)NCC(=O)NN=Cc1cccc(Br)c1. The molecule has 1 rings (SSSR count). The van der Waals surface area contributed by atoms with Gasteiger partial charge in [-0.3, -0.25) is 9.59 Å². The Hall–Kier alpha value is -1.69. The van der Waals surface area contributed by atoms with Crippen LogP contribution in [0.25, 0.3) is 0 Å². The zero-order valence-electron chi connectivity index (χ0n) is 17.7. The highest BCUT2D eigenvalue weighted by atomic mass is 79.9. The van der Waals surface area contributed by atoms with Gasteiger partial charge in [0.05, 0.1) is 12.8 Å². The molecular weight excluding hydrogens is 430 g/mol. The number of hydrazone groups is 1. The third kappa shape index (κ3) is 14.9. The molecule has 0 fully saturated rings. The Kier molecular flexibility index (Phi) is 15.0. The highest BCUT2D eigenvalue weighted by Crippen LogP contribution is 2.12. The second-order valence-corrected chi connectivity index (χ2v) is 8.33. The molecule has 0 spiro atoms. The van der Waals surface area contributed by atoms with E-state index < -0.39 is 0 Å². The van der Waals surface area contributed by atoms with Gasteiger partial charge in [0.15, 0.2) is 0 Å². The molecular formula is C23H36BrN3O2. The minimum Gasteiger partial charge on any atom is -0.347 e. The Labute approximate surface area is 184 Å². The molecule has 6 heteroatoms. The van der Waals surface area contributed by atoms with Crippen molar-refractivity contribution in [3.8, 4) is 0 Å². The van der Waals surface area contributed by atoms with E-state index in [1.807, 2.05) is 24.3 Å². The lowest BCUT2D eigenvalue weighted by Crippen LogP contribution is -2.34. The van der Waals surface area contributed by atoms with Crippen LogP contribution in [0.5, 0.6) is 0 Å². The first kappa shape index (κ1) is 25.3. The Bertz CT molecular complexity index is 620. The number of unbranched alkanes of at least 4 members (excludes halogenated alkanes) is 10. The summed E-state index contributed by atoms with van der Waals surface area (Å²) in [6.07, 6.45) is 15.9. The van der Waals surface area contributed by atoms with E-state index >= 15 is 0 Å². The molecule has 0 radical (unpaired) electrons. The maximum atomic E-state index is 11.8. The number of amides is 2. The fourth-order valence-electron chi connectivity index (χ4n) is 3.02. The minimum atomic E-state index is -0.330. The summed E-state index contributed by atoms with van der Waals surface area (Å²) in [5.74, 6) is -0.407. The molecule has 1 aromatic carbocycles. The van der Waals surface area contributed by atoms with Crippen molar-refractivity contribution in [2.75, 3.05) is 6.54 Å². The van der Waals surface area contributed by atoms with Gasteiger partial charge in [0, 0.05) is 10.9 Å². The normalized spacial score (nSPS) is 11.0. The van der Waals surface area contributed by atoms with Crippen LogP contribution in [0, 0.1) is 0 Å². The van der Waals surface area contributed by atoms with Crippen molar-refractivity contribution >= 4 is 34.0 Å². The van der Waals surface area contributed by atoms with Crippen molar-refractivity contribution in [2.24, 2.45) is 5.10 Å². The van der Waals surface area contributed by atoms with Gasteiger partial charge in [-0.25, -0.2) is 5.43 Å². The first-order chi connectivity index (χ1) is 14.1. The van der Waals surface area contributed by atoms with Crippen LogP contribution in [0.2, 0.25) is 0 Å². The Balaban J connectivity index is 1.96.